The van der Waals surface area contributed by atoms with Crippen LogP contribution in [0.25, 0.3) is 28.4 Å². The number of rotatable bonds is 5. The smallest absolute Gasteiger partial charge is 0.269 e. The standard InChI is InChI=1S/C26H28N4O2S2/c1-18(2)13-19-14-22-23(24-17-33-26(28-24)20-9-11-29(3)12-10-20)16-30(25(22)27-15-19)34(31,32)21-7-5-4-6-8-21/h4-8,13-17,20H,9-12H2,1-3H3. The first kappa shape index (κ1) is 23.0. The SMILES string of the molecule is CC(C)=Cc1cnc2c(c1)c(-c1csc(C3CCN(C)CC3)n1)cn2S(=O)(=O)c1ccccc1. The number of hydrogen-bond acceptors (Lipinski definition) is 6. The number of benzene rings is 1. The summed E-state index contributed by atoms with van der Waals surface area (Å²) in [6.07, 6.45) is 7.64. The molecule has 0 unspecified atom stereocenters. The van der Waals surface area contributed by atoms with Gasteiger partial charge >= 0.3 is 0 Å². The molecular weight excluding hydrogens is 464 g/mol. The summed E-state index contributed by atoms with van der Waals surface area (Å²) in [5.41, 5.74) is 4.11. The zero-order valence-electron chi connectivity index (χ0n) is 19.6. The fraction of sp³-hybridized carbons (Fsp3) is 0.308. The molecule has 4 heterocycles. The summed E-state index contributed by atoms with van der Waals surface area (Å²) in [4.78, 5) is 12.2. The largest absolute Gasteiger partial charge is 0.306 e. The van der Waals surface area contributed by atoms with Crippen LogP contribution in [-0.2, 0) is 10.0 Å². The Hall–Kier alpha value is -2.81. The van der Waals surface area contributed by atoms with Crippen LogP contribution in [0.4, 0.5) is 0 Å². The summed E-state index contributed by atoms with van der Waals surface area (Å²) in [6, 6.07) is 10.5. The highest BCUT2D eigenvalue weighted by Crippen LogP contribution is 2.37. The molecule has 5 rings (SSSR count). The van der Waals surface area contributed by atoms with Gasteiger partial charge in [0.1, 0.15) is 0 Å². The van der Waals surface area contributed by atoms with E-state index >= 15 is 0 Å². The zero-order valence-corrected chi connectivity index (χ0v) is 21.2. The molecule has 0 bridgehead atoms. The number of nitrogens with zero attached hydrogens (tertiary/aromatic N) is 4. The highest BCUT2D eigenvalue weighted by Gasteiger charge is 2.25. The van der Waals surface area contributed by atoms with Gasteiger partial charge in [0, 0.05) is 34.6 Å². The number of thiazole rings is 1. The van der Waals surface area contributed by atoms with E-state index in [1.807, 2.05) is 32.1 Å². The minimum Gasteiger partial charge on any atom is -0.306 e. The molecule has 1 aliphatic rings. The van der Waals surface area contributed by atoms with Crippen LogP contribution in [0.15, 0.2) is 64.6 Å². The van der Waals surface area contributed by atoms with E-state index in [4.69, 9.17) is 4.98 Å². The Labute approximate surface area is 204 Å². The molecule has 0 saturated carbocycles. The maximum absolute atomic E-state index is 13.5. The number of likely N-dealkylation sites (tertiary alicyclic amines) is 1. The van der Waals surface area contributed by atoms with E-state index in [1.54, 1.807) is 48.0 Å². The number of piperidine rings is 1. The molecule has 4 aromatic rings. The molecule has 176 valence electrons. The molecule has 1 saturated heterocycles. The van der Waals surface area contributed by atoms with Crippen molar-refractivity contribution in [1.29, 1.82) is 0 Å². The van der Waals surface area contributed by atoms with E-state index in [-0.39, 0.29) is 4.90 Å². The van der Waals surface area contributed by atoms with Crippen molar-refractivity contribution in [2.75, 3.05) is 20.1 Å². The predicted molar refractivity (Wildman–Crippen MR) is 139 cm³/mol. The quantitative estimate of drug-likeness (QED) is 0.361. The lowest BCUT2D eigenvalue weighted by Crippen LogP contribution is -2.29. The van der Waals surface area contributed by atoms with E-state index in [9.17, 15) is 8.42 Å². The van der Waals surface area contributed by atoms with Gasteiger partial charge in [-0.3, -0.25) is 0 Å². The third kappa shape index (κ3) is 4.33. The summed E-state index contributed by atoms with van der Waals surface area (Å²) in [7, 11) is -1.64. The minimum atomic E-state index is -3.80. The van der Waals surface area contributed by atoms with Crippen LogP contribution in [0.3, 0.4) is 0 Å². The Morgan fingerprint density at radius 3 is 2.59 bits per heavy atom. The number of aromatic nitrogens is 3. The maximum Gasteiger partial charge on any atom is 0.269 e. The summed E-state index contributed by atoms with van der Waals surface area (Å²) < 4.78 is 28.4. The number of fused-ring (bicyclic) bond motifs is 1. The molecule has 0 spiro atoms. The van der Waals surface area contributed by atoms with E-state index in [1.165, 1.54) is 3.97 Å². The van der Waals surface area contributed by atoms with E-state index in [0.717, 1.165) is 58.7 Å². The average Bonchev–Trinajstić information content (AvgIpc) is 3.45. The lowest BCUT2D eigenvalue weighted by Gasteiger charge is -2.27. The summed E-state index contributed by atoms with van der Waals surface area (Å²) in [5.74, 6) is 0.454. The van der Waals surface area contributed by atoms with Crippen LogP contribution in [0, 0.1) is 0 Å². The van der Waals surface area contributed by atoms with Crippen molar-refractivity contribution in [2.45, 2.75) is 37.5 Å². The molecule has 34 heavy (non-hydrogen) atoms. The molecular formula is C26H28N4O2S2. The molecule has 0 aliphatic carbocycles. The van der Waals surface area contributed by atoms with Crippen LogP contribution >= 0.6 is 11.3 Å². The second kappa shape index (κ2) is 9.09. The molecule has 0 radical (unpaired) electrons. The van der Waals surface area contributed by atoms with E-state index in [0.29, 0.717) is 11.6 Å². The topological polar surface area (TPSA) is 68.1 Å². The monoisotopic (exact) mass is 492 g/mol. The lowest BCUT2D eigenvalue weighted by molar-refractivity contribution is 0.255. The molecule has 6 nitrogen and oxygen atoms in total. The Morgan fingerprint density at radius 2 is 1.88 bits per heavy atom. The van der Waals surface area contributed by atoms with Crippen LogP contribution in [0.2, 0.25) is 0 Å². The van der Waals surface area contributed by atoms with Crippen molar-refractivity contribution in [3.8, 4) is 11.3 Å². The first-order valence-electron chi connectivity index (χ1n) is 11.4. The van der Waals surface area contributed by atoms with E-state index in [2.05, 4.69) is 22.3 Å². The Morgan fingerprint density at radius 1 is 1.15 bits per heavy atom. The fourth-order valence-corrected chi connectivity index (χ4v) is 6.79. The third-order valence-corrected chi connectivity index (χ3v) is 8.93. The molecule has 0 atom stereocenters. The van der Waals surface area contributed by atoms with Gasteiger partial charge in [0.15, 0.2) is 5.65 Å². The minimum absolute atomic E-state index is 0.235. The first-order valence-corrected chi connectivity index (χ1v) is 13.8. The number of pyridine rings is 1. The number of hydrogen-bond donors (Lipinski definition) is 0. The van der Waals surface area contributed by atoms with Gasteiger partial charge < -0.3 is 4.90 Å². The molecule has 0 amide bonds. The van der Waals surface area contributed by atoms with Crippen molar-refractivity contribution >= 4 is 38.5 Å². The van der Waals surface area contributed by atoms with Crippen molar-refractivity contribution in [1.82, 2.24) is 18.8 Å². The number of allylic oxidation sites excluding steroid dienone is 1. The van der Waals surface area contributed by atoms with Gasteiger partial charge in [-0.25, -0.2) is 22.4 Å². The molecule has 8 heteroatoms. The van der Waals surface area contributed by atoms with Crippen molar-refractivity contribution < 1.29 is 8.42 Å². The second-order valence-corrected chi connectivity index (χ2v) is 11.9. The summed E-state index contributed by atoms with van der Waals surface area (Å²) in [5, 5.41) is 3.97. The Bertz CT molecular complexity index is 1460. The van der Waals surface area contributed by atoms with Crippen molar-refractivity contribution in [3.63, 3.8) is 0 Å². The van der Waals surface area contributed by atoms with Crippen LogP contribution < -0.4 is 0 Å². The zero-order chi connectivity index (χ0) is 23.9. The molecule has 1 aliphatic heterocycles. The van der Waals surface area contributed by atoms with Gasteiger partial charge in [-0.05, 0) is 70.6 Å². The van der Waals surface area contributed by atoms with Crippen LogP contribution in [0.1, 0.15) is 43.2 Å². The first-order chi connectivity index (χ1) is 16.3. The fourth-order valence-electron chi connectivity index (χ4n) is 4.46. The molecule has 3 aromatic heterocycles. The predicted octanol–water partition coefficient (Wildman–Crippen LogP) is 5.63. The van der Waals surface area contributed by atoms with Crippen LogP contribution in [-0.4, -0.2) is 47.4 Å². The van der Waals surface area contributed by atoms with Gasteiger partial charge in [-0.1, -0.05) is 29.8 Å². The molecule has 0 N–H and O–H groups in total. The average molecular weight is 493 g/mol. The van der Waals surface area contributed by atoms with E-state index < -0.39 is 10.0 Å². The maximum atomic E-state index is 13.5. The summed E-state index contributed by atoms with van der Waals surface area (Å²) >= 11 is 1.67. The second-order valence-electron chi connectivity index (χ2n) is 9.17. The van der Waals surface area contributed by atoms with Gasteiger partial charge in [-0.2, -0.15) is 0 Å². The summed E-state index contributed by atoms with van der Waals surface area (Å²) in [6.45, 7) is 6.21. The van der Waals surface area contributed by atoms with Gasteiger partial charge in [-0.15, -0.1) is 11.3 Å². The highest BCUT2D eigenvalue weighted by atomic mass is 32.2. The molecule has 1 fully saturated rings. The van der Waals surface area contributed by atoms with Gasteiger partial charge in [0.25, 0.3) is 10.0 Å². The molecule has 1 aromatic carbocycles. The van der Waals surface area contributed by atoms with Crippen molar-refractivity contribution in [3.05, 3.63) is 70.3 Å². The lowest BCUT2D eigenvalue weighted by atomic mass is 9.98. The van der Waals surface area contributed by atoms with Gasteiger partial charge in [0.05, 0.1) is 15.6 Å². The normalized spacial score (nSPS) is 15.6. The third-order valence-electron chi connectivity index (χ3n) is 6.25. The highest BCUT2D eigenvalue weighted by molar-refractivity contribution is 7.90. The Kier molecular flexibility index (Phi) is 6.14. The van der Waals surface area contributed by atoms with Crippen LogP contribution in [0.5, 0.6) is 0 Å². The van der Waals surface area contributed by atoms with Gasteiger partial charge in [0.2, 0.25) is 0 Å². The van der Waals surface area contributed by atoms with Crippen molar-refractivity contribution in [2.24, 2.45) is 0 Å². The Balaban J connectivity index is 1.65.